The molecule has 5 heteroatoms. The van der Waals surface area contributed by atoms with Crippen LogP contribution in [0.1, 0.15) is 33.4 Å². The molecule has 106 valence electrons. The third kappa shape index (κ3) is 1.88. The number of aryl methyl sites for hydroxylation is 2. The summed E-state index contributed by atoms with van der Waals surface area (Å²) >= 11 is 0. The molecule has 0 bridgehead atoms. The zero-order valence-electron chi connectivity index (χ0n) is 13.0. The zero-order valence-corrected chi connectivity index (χ0v) is 13.0. The maximum absolute atomic E-state index is 6.09. The Morgan fingerprint density at radius 1 is 1.10 bits per heavy atom. The molecule has 0 atom stereocenters. The lowest BCUT2D eigenvalue weighted by Crippen LogP contribution is -2.41. The number of fused-ring (bicyclic) bond motifs is 1. The van der Waals surface area contributed by atoms with Crippen LogP contribution in [0.3, 0.4) is 0 Å². The van der Waals surface area contributed by atoms with E-state index in [1.54, 1.807) is 0 Å². The van der Waals surface area contributed by atoms with Gasteiger partial charge in [0.2, 0.25) is 0 Å². The van der Waals surface area contributed by atoms with Crippen molar-refractivity contribution in [2.45, 2.75) is 45.8 Å². The first kappa shape index (κ1) is 13.6. The maximum Gasteiger partial charge on any atom is 0.494 e. The summed E-state index contributed by atoms with van der Waals surface area (Å²) in [4.78, 5) is 0. The van der Waals surface area contributed by atoms with E-state index in [0.29, 0.717) is 0 Å². The van der Waals surface area contributed by atoms with Crippen molar-refractivity contribution >= 4 is 23.5 Å². The fourth-order valence-electron chi connectivity index (χ4n) is 2.58. The highest BCUT2D eigenvalue weighted by Gasteiger charge is 2.51. The van der Waals surface area contributed by atoms with Gasteiger partial charge in [-0.15, -0.1) is 0 Å². The molecule has 0 amide bonds. The summed E-state index contributed by atoms with van der Waals surface area (Å²) in [5.74, 6) is 0. The van der Waals surface area contributed by atoms with Crippen molar-refractivity contribution in [2.75, 3.05) is 0 Å². The lowest BCUT2D eigenvalue weighted by atomic mass is 9.79. The number of hydrogen-bond acceptors (Lipinski definition) is 3. The average molecular weight is 272 g/mol. The lowest BCUT2D eigenvalue weighted by molar-refractivity contribution is 0.00578. The van der Waals surface area contributed by atoms with E-state index in [1.807, 2.05) is 18.7 Å². The molecule has 3 rings (SSSR count). The molecule has 1 aliphatic heterocycles. The van der Waals surface area contributed by atoms with Crippen LogP contribution in [0.15, 0.2) is 18.2 Å². The normalized spacial score (nSPS) is 20.8. The fraction of sp³-hybridized carbons (Fsp3) is 0.533. The summed E-state index contributed by atoms with van der Waals surface area (Å²) in [7, 11) is 1.64. The van der Waals surface area contributed by atoms with Gasteiger partial charge in [-0.05, 0) is 46.1 Å². The van der Waals surface area contributed by atoms with E-state index >= 15 is 0 Å². The molecule has 1 aliphatic rings. The Kier molecular flexibility index (Phi) is 2.79. The van der Waals surface area contributed by atoms with Crippen molar-refractivity contribution in [3.05, 3.63) is 23.9 Å². The van der Waals surface area contributed by atoms with Gasteiger partial charge in [0.25, 0.3) is 0 Å². The number of aromatic nitrogens is 2. The van der Waals surface area contributed by atoms with Crippen LogP contribution < -0.4 is 5.46 Å². The second-order valence-electron chi connectivity index (χ2n) is 6.57. The average Bonchev–Trinajstić information content (AvgIpc) is 2.74. The van der Waals surface area contributed by atoms with Crippen LogP contribution in [0.2, 0.25) is 0 Å². The molecule has 1 aromatic heterocycles. The Morgan fingerprint density at radius 3 is 2.30 bits per heavy atom. The van der Waals surface area contributed by atoms with E-state index in [9.17, 15) is 0 Å². The van der Waals surface area contributed by atoms with Gasteiger partial charge in [-0.1, -0.05) is 12.1 Å². The summed E-state index contributed by atoms with van der Waals surface area (Å²) in [5, 5.41) is 5.62. The molecular weight excluding hydrogens is 251 g/mol. The standard InChI is InChI=1S/C15H21BN2O2/c1-10-12-8-7-11(9-13(12)18(6)17-10)16-19-14(2,3)15(4,5)20-16/h7-9H,1-6H3. The van der Waals surface area contributed by atoms with Gasteiger partial charge in [-0.2, -0.15) is 5.10 Å². The molecule has 2 heterocycles. The van der Waals surface area contributed by atoms with Gasteiger partial charge >= 0.3 is 7.12 Å². The SMILES string of the molecule is Cc1nn(C)c2cc(B3OC(C)(C)C(C)(C)O3)ccc12. The Morgan fingerprint density at radius 2 is 1.70 bits per heavy atom. The maximum atomic E-state index is 6.09. The predicted molar refractivity (Wildman–Crippen MR) is 81.2 cm³/mol. The molecule has 0 radical (unpaired) electrons. The van der Waals surface area contributed by atoms with Crippen LogP contribution in [0.25, 0.3) is 10.9 Å². The third-order valence-corrected chi connectivity index (χ3v) is 4.59. The molecule has 2 aromatic rings. The molecule has 0 N–H and O–H groups in total. The molecule has 0 unspecified atom stereocenters. The van der Waals surface area contributed by atoms with Crippen LogP contribution in [0.5, 0.6) is 0 Å². The first-order valence-corrected chi connectivity index (χ1v) is 7.00. The predicted octanol–water partition coefficient (Wildman–Crippen LogP) is 2.18. The Balaban J connectivity index is 2.02. The Bertz CT molecular complexity index is 660. The van der Waals surface area contributed by atoms with E-state index in [0.717, 1.165) is 16.7 Å². The topological polar surface area (TPSA) is 36.3 Å². The van der Waals surface area contributed by atoms with E-state index in [2.05, 4.69) is 51.0 Å². The van der Waals surface area contributed by atoms with E-state index in [-0.39, 0.29) is 18.3 Å². The summed E-state index contributed by atoms with van der Waals surface area (Å²) in [6.45, 7) is 10.3. The third-order valence-electron chi connectivity index (χ3n) is 4.59. The molecule has 20 heavy (non-hydrogen) atoms. The summed E-state index contributed by atoms with van der Waals surface area (Å²) in [5.41, 5.74) is 2.57. The quantitative estimate of drug-likeness (QED) is 0.746. The minimum Gasteiger partial charge on any atom is -0.399 e. The van der Waals surface area contributed by atoms with Crippen molar-refractivity contribution in [1.82, 2.24) is 9.78 Å². The second kappa shape index (κ2) is 4.09. The second-order valence-corrected chi connectivity index (χ2v) is 6.57. The Hall–Kier alpha value is -1.33. The van der Waals surface area contributed by atoms with E-state index < -0.39 is 0 Å². The van der Waals surface area contributed by atoms with Gasteiger partial charge in [0.05, 0.1) is 22.4 Å². The minimum absolute atomic E-state index is 0.311. The van der Waals surface area contributed by atoms with Crippen LogP contribution in [0, 0.1) is 6.92 Å². The molecule has 0 aliphatic carbocycles. The number of hydrogen-bond donors (Lipinski definition) is 0. The zero-order chi connectivity index (χ0) is 14.7. The van der Waals surface area contributed by atoms with Crippen molar-refractivity contribution in [3.8, 4) is 0 Å². The molecule has 0 saturated carbocycles. The largest absolute Gasteiger partial charge is 0.494 e. The van der Waals surface area contributed by atoms with Crippen LogP contribution in [-0.4, -0.2) is 28.1 Å². The van der Waals surface area contributed by atoms with Gasteiger partial charge in [0.1, 0.15) is 0 Å². The van der Waals surface area contributed by atoms with E-state index in [1.165, 1.54) is 5.39 Å². The highest BCUT2D eigenvalue weighted by molar-refractivity contribution is 6.62. The minimum atomic E-state index is -0.320. The highest BCUT2D eigenvalue weighted by Crippen LogP contribution is 2.36. The number of nitrogens with zero attached hydrogens (tertiary/aromatic N) is 2. The molecular formula is C15H21BN2O2. The van der Waals surface area contributed by atoms with Crippen molar-refractivity contribution in [1.29, 1.82) is 0 Å². The van der Waals surface area contributed by atoms with E-state index in [4.69, 9.17) is 9.31 Å². The number of rotatable bonds is 1. The summed E-state index contributed by atoms with van der Waals surface area (Å²) in [6.07, 6.45) is 0. The first-order chi connectivity index (χ1) is 9.21. The van der Waals surface area contributed by atoms with Gasteiger partial charge < -0.3 is 9.31 Å². The van der Waals surface area contributed by atoms with Crippen molar-refractivity contribution < 1.29 is 9.31 Å². The lowest BCUT2D eigenvalue weighted by Gasteiger charge is -2.32. The van der Waals surface area contributed by atoms with Gasteiger partial charge in [0.15, 0.2) is 0 Å². The van der Waals surface area contributed by atoms with Gasteiger partial charge in [-0.25, -0.2) is 0 Å². The Labute approximate surface area is 120 Å². The van der Waals surface area contributed by atoms with Gasteiger partial charge in [0, 0.05) is 12.4 Å². The van der Waals surface area contributed by atoms with Crippen LogP contribution in [0.4, 0.5) is 0 Å². The first-order valence-electron chi connectivity index (χ1n) is 7.00. The molecule has 0 spiro atoms. The monoisotopic (exact) mass is 272 g/mol. The van der Waals surface area contributed by atoms with Crippen LogP contribution >= 0.6 is 0 Å². The fourth-order valence-corrected chi connectivity index (χ4v) is 2.58. The molecule has 4 nitrogen and oxygen atoms in total. The summed E-state index contributed by atoms with van der Waals surface area (Å²) in [6, 6.07) is 6.27. The number of benzene rings is 1. The highest BCUT2D eigenvalue weighted by atomic mass is 16.7. The van der Waals surface area contributed by atoms with Crippen LogP contribution in [-0.2, 0) is 16.4 Å². The van der Waals surface area contributed by atoms with Gasteiger partial charge in [-0.3, -0.25) is 4.68 Å². The molecule has 1 aromatic carbocycles. The van der Waals surface area contributed by atoms with Crippen molar-refractivity contribution in [2.24, 2.45) is 7.05 Å². The molecule has 1 fully saturated rings. The van der Waals surface area contributed by atoms with Crippen molar-refractivity contribution in [3.63, 3.8) is 0 Å². The summed E-state index contributed by atoms with van der Waals surface area (Å²) < 4.78 is 14.1. The molecule has 1 saturated heterocycles. The smallest absolute Gasteiger partial charge is 0.399 e.